The number of benzene rings is 3. The summed E-state index contributed by atoms with van der Waals surface area (Å²) in [5, 5.41) is 7.20. The fraction of sp³-hybridized carbons (Fsp3) is 0.222. The molecule has 0 radical (unpaired) electrons. The predicted molar refractivity (Wildman–Crippen MR) is 126 cm³/mol. The van der Waals surface area contributed by atoms with E-state index in [9.17, 15) is 4.79 Å². The molecule has 5 rings (SSSR count). The lowest BCUT2D eigenvalue weighted by molar-refractivity contribution is -0.116. The lowest BCUT2D eigenvalue weighted by Gasteiger charge is -2.30. The number of methoxy groups -OCH3 is 2. The maximum Gasteiger partial charge on any atom is 0.163 e. The Morgan fingerprint density at radius 3 is 1.97 bits per heavy atom. The molecular formula is C27H26N2O3. The largest absolute Gasteiger partial charge is 0.497 e. The number of carbonyl (C=O) groups excluding carboxylic acids is 1. The van der Waals surface area contributed by atoms with Crippen LogP contribution in [-0.4, -0.2) is 20.0 Å². The first-order valence-corrected chi connectivity index (χ1v) is 10.8. The average molecular weight is 427 g/mol. The quantitative estimate of drug-likeness (QED) is 0.562. The summed E-state index contributed by atoms with van der Waals surface area (Å²) in [6.07, 6.45) is 1.26. The molecule has 0 unspecified atom stereocenters. The molecule has 2 atom stereocenters. The molecular weight excluding hydrogens is 400 g/mol. The Morgan fingerprint density at radius 2 is 1.34 bits per heavy atom. The Kier molecular flexibility index (Phi) is 5.31. The summed E-state index contributed by atoms with van der Waals surface area (Å²) in [6, 6.07) is 23.8. The van der Waals surface area contributed by atoms with Gasteiger partial charge in [0.15, 0.2) is 5.78 Å². The van der Waals surface area contributed by atoms with Crippen molar-refractivity contribution in [2.24, 2.45) is 0 Å². The van der Waals surface area contributed by atoms with Gasteiger partial charge in [0.2, 0.25) is 0 Å². The van der Waals surface area contributed by atoms with E-state index in [0.29, 0.717) is 6.42 Å². The molecule has 0 spiro atoms. The smallest absolute Gasteiger partial charge is 0.163 e. The van der Waals surface area contributed by atoms with Gasteiger partial charge in [-0.2, -0.15) is 0 Å². The molecule has 2 aliphatic rings. The number of fused-ring (bicyclic) bond motifs is 1. The first-order chi connectivity index (χ1) is 15.7. The number of Topliss-reactive ketones (excluding diaryl/α,β-unsaturated/α-hetero) is 1. The van der Waals surface area contributed by atoms with Crippen molar-refractivity contribution in [3.05, 3.63) is 95.2 Å². The minimum atomic E-state index is -0.226. The van der Waals surface area contributed by atoms with Crippen molar-refractivity contribution in [1.29, 1.82) is 0 Å². The first-order valence-electron chi connectivity index (χ1n) is 10.8. The van der Waals surface area contributed by atoms with Crippen LogP contribution in [0.5, 0.6) is 11.5 Å². The second-order valence-electron chi connectivity index (χ2n) is 8.21. The van der Waals surface area contributed by atoms with Crippen molar-refractivity contribution >= 4 is 17.2 Å². The van der Waals surface area contributed by atoms with Crippen LogP contribution in [0.25, 0.3) is 0 Å². The van der Waals surface area contributed by atoms with Crippen molar-refractivity contribution in [1.82, 2.24) is 0 Å². The van der Waals surface area contributed by atoms with Crippen LogP contribution in [0, 0.1) is 0 Å². The summed E-state index contributed by atoms with van der Waals surface area (Å²) in [5.74, 6) is 1.91. The van der Waals surface area contributed by atoms with Gasteiger partial charge in [-0.1, -0.05) is 36.4 Å². The minimum Gasteiger partial charge on any atom is -0.497 e. The molecule has 162 valence electrons. The SMILES string of the molecule is COc1ccc([C@@H]2CC(=O)C3=C(C2)Nc2ccccc2N[C@H]3c2ccc(OC)cc2)cc1. The van der Waals surface area contributed by atoms with E-state index < -0.39 is 0 Å². The number of rotatable bonds is 4. The van der Waals surface area contributed by atoms with Gasteiger partial charge in [0.05, 0.1) is 31.6 Å². The standard InChI is InChI=1S/C27H26N2O3/c1-31-20-11-7-17(8-12-20)19-15-24-26(25(30)16-19)27(18-9-13-21(32-2)14-10-18)29-23-6-4-3-5-22(23)28-24/h3-14,19,27-29H,15-16H2,1-2H3/t19-,27-/m0/s1. The fourth-order valence-corrected chi connectivity index (χ4v) is 4.65. The minimum absolute atomic E-state index is 0.126. The third-order valence-electron chi connectivity index (χ3n) is 6.35. The molecule has 3 aromatic rings. The number of ketones is 1. The summed E-state index contributed by atoms with van der Waals surface area (Å²) in [4.78, 5) is 13.6. The Bertz CT molecular complexity index is 1170. The van der Waals surface area contributed by atoms with Crippen LogP contribution in [-0.2, 0) is 4.79 Å². The lowest BCUT2D eigenvalue weighted by Crippen LogP contribution is -2.26. The van der Waals surface area contributed by atoms with Gasteiger partial charge >= 0.3 is 0 Å². The number of hydrogen-bond donors (Lipinski definition) is 2. The number of carbonyl (C=O) groups is 1. The Labute approximate surface area is 188 Å². The highest BCUT2D eigenvalue weighted by molar-refractivity contribution is 6.01. The molecule has 1 aliphatic heterocycles. The van der Waals surface area contributed by atoms with Crippen molar-refractivity contribution in [2.45, 2.75) is 24.8 Å². The molecule has 32 heavy (non-hydrogen) atoms. The molecule has 0 aromatic heterocycles. The van der Waals surface area contributed by atoms with Crippen LogP contribution in [0.4, 0.5) is 11.4 Å². The van der Waals surface area contributed by atoms with Crippen molar-refractivity contribution in [2.75, 3.05) is 24.9 Å². The molecule has 0 amide bonds. The zero-order chi connectivity index (χ0) is 22.1. The summed E-state index contributed by atoms with van der Waals surface area (Å²) in [6.45, 7) is 0. The third-order valence-corrected chi connectivity index (χ3v) is 6.35. The molecule has 0 saturated heterocycles. The Hall–Kier alpha value is -3.73. The van der Waals surface area contributed by atoms with Gasteiger partial charge in [0.25, 0.3) is 0 Å². The van der Waals surface area contributed by atoms with Crippen LogP contribution in [0.3, 0.4) is 0 Å². The molecule has 0 fully saturated rings. The van der Waals surface area contributed by atoms with E-state index >= 15 is 0 Å². The van der Waals surface area contributed by atoms with Gasteiger partial charge in [-0.15, -0.1) is 0 Å². The molecule has 3 aromatic carbocycles. The second-order valence-corrected chi connectivity index (χ2v) is 8.21. The van der Waals surface area contributed by atoms with E-state index in [-0.39, 0.29) is 17.7 Å². The number of para-hydroxylation sites is 2. The third kappa shape index (κ3) is 3.71. The van der Waals surface area contributed by atoms with Crippen molar-refractivity contribution < 1.29 is 14.3 Å². The number of ether oxygens (including phenoxy) is 2. The monoisotopic (exact) mass is 426 g/mol. The number of nitrogens with one attached hydrogen (secondary N) is 2. The number of hydrogen-bond acceptors (Lipinski definition) is 5. The average Bonchev–Trinajstić information content (AvgIpc) is 3.01. The van der Waals surface area contributed by atoms with Crippen LogP contribution in [0.2, 0.25) is 0 Å². The maximum atomic E-state index is 13.6. The molecule has 2 N–H and O–H groups in total. The Morgan fingerprint density at radius 1 is 0.750 bits per heavy atom. The van der Waals surface area contributed by atoms with E-state index in [1.807, 2.05) is 60.7 Å². The highest BCUT2D eigenvalue weighted by Crippen LogP contribution is 2.44. The summed E-state index contributed by atoms with van der Waals surface area (Å²) < 4.78 is 10.6. The number of anilines is 2. The maximum absolute atomic E-state index is 13.6. The van der Waals surface area contributed by atoms with Crippen molar-refractivity contribution in [3.8, 4) is 11.5 Å². The van der Waals surface area contributed by atoms with Crippen LogP contribution < -0.4 is 20.1 Å². The van der Waals surface area contributed by atoms with E-state index in [1.165, 1.54) is 0 Å². The van der Waals surface area contributed by atoms with Crippen LogP contribution in [0.15, 0.2) is 84.1 Å². The van der Waals surface area contributed by atoms with E-state index in [2.05, 4.69) is 22.8 Å². The summed E-state index contributed by atoms with van der Waals surface area (Å²) in [5.41, 5.74) is 5.96. The zero-order valence-corrected chi connectivity index (χ0v) is 18.2. The van der Waals surface area contributed by atoms with Crippen molar-refractivity contribution in [3.63, 3.8) is 0 Å². The van der Waals surface area contributed by atoms with Gasteiger partial charge in [0, 0.05) is 17.7 Å². The lowest BCUT2D eigenvalue weighted by atomic mass is 9.78. The van der Waals surface area contributed by atoms with Gasteiger partial charge in [-0.25, -0.2) is 0 Å². The molecule has 1 heterocycles. The highest BCUT2D eigenvalue weighted by atomic mass is 16.5. The van der Waals surface area contributed by atoms with Crippen LogP contribution >= 0.6 is 0 Å². The van der Waals surface area contributed by atoms with Gasteiger partial charge in [-0.05, 0) is 59.9 Å². The first kappa shape index (κ1) is 20.2. The molecule has 0 bridgehead atoms. The second kappa shape index (κ2) is 8.42. The normalized spacial score (nSPS) is 19.8. The predicted octanol–water partition coefficient (Wildman–Crippen LogP) is 5.68. The highest BCUT2D eigenvalue weighted by Gasteiger charge is 2.36. The molecule has 5 nitrogen and oxygen atoms in total. The Balaban J connectivity index is 1.56. The van der Waals surface area contributed by atoms with E-state index in [1.54, 1.807) is 14.2 Å². The van der Waals surface area contributed by atoms with Gasteiger partial charge in [-0.3, -0.25) is 4.79 Å². The zero-order valence-electron chi connectivity index (χ0n) is 18.2. The molecule has 0 saturated carbocycles. The fourth-order valence-electron chi connectivity index (χ4n) is 4.65. The number of allylic oxidation sites excluding steroid dienone is 1. The molecule has 5 heteroatoms. The van der Waals surface area contributed by atoms with E-state index in [0.717, 1.165) is 51.7 Å². The summed E-state index contributed by atoms with van der Waals surface area (Å²) >= 11 is 0. The summed E-state index contributed by atoms with van der Waals surface area (Å²) in [7, 11) is 3.32. The van der Waals surface area contributed by atoms with Gasteiger partial charge < -0.3 is 20.1 Å². The molecule has 1 aliphatic carbocycles. The van der Waals surface area contributed by atoms with Gasteiger partial charge in [0.1, 0.15) is 11.5 Å². The topological polar surface area (TPSA) is 59.6 Å². The van der Waals surface area contributed by atoms with E-state index in [4.69, 9.17) is 9.47 Å². The van der Waals surface area contributed by atoms with Crippen LogP contribution in [0.1, 0.15) is 35.9 Å².